The van der Waals surface area contributed by atoms with E-state index in [1.165, 1.54) is 257 Å². The van der Waals surface area contributed by atoms with Crippen LogP contribution in [-0.4, -0.2) is 38.6 Å². The molecule has 0 aromatic carbocycles. The van der Waals surface area contributed by atoms with Crippen LogP contribution in [0.4, 0.5) is 0 Å². The van der Waals surface area contributed by atoms with E-state index in [0.717, 1.165) is 89.6 Å². The van der Waals surface area contributed by atoms with Gasteiger partial charge in [0, 0.05) is 0 Å². The summed E-state index contributed by atoms with van der Waals surface area (Å²) in [5.74, 6) is 1.48. The van der Waals surface area contributed by atoms with Crippen molar-refractivity contribution in [2.45, 2.75) is 362 Å². The molecule has 2 saturated carbocycles. The van der Waals surface area contributed by atoms with Crippen LogP contribution in [-0.2, 0) is 27.1 Å². The van der Waals surface area contributed by atoms with Crippen LogP contribution in [0.3, 0.4) is 0 Å². The van der Waals surface area contributed by atoms with Gasteiger partial charge in [-0.25, -0.2) is 0 Å². The Labute approximate surface area is 448 Å². The van der Waals surface area contributed by atoms with Crippen LogP contribution < -0.4 is 0 Å². The highest BCUT2D eigenvalue weighted by Crippen LogP contribution is 2.52. The quantitative estimate of drug-likeness (QED) is 0.0447. The molecule has 2 aliphatic carbocycles. The average Bonchev–Trinajstić information content (AvgIpc) is 3.38. The van der Waals surface area contributed by atoms with Crippen LogP contribution >= 0.6 is 17.2 Å². The lowest BCUT2D eigenvalue weighted by atomic mass is 9.60. The molecule has 0 N–H and O–H groups in total. The van der Waals surface area contributed by atoms with E-state index in [1.54, 1.807) is 0 Å². The molecule has 0 radical (unpaired) electrons. The first-order valence-corrected chi connectivity index (χ1v) is 34.6. The Morgan fingerprint density at radius 2 is 0.451 bits per heavy atom. The maximum absolute atomic E-state index is 6.76. The predicted octanol–water partition coefficient (Wildman–Crippen LogP) is 23.4. The SMILES string of the molecule is CCCCCCCCCCCCOP(OCCCCCCCCCCCC)OC1CCC(C(C)(C)C2CCC(OP(OCCCCCCCCCCCC)OCCCCCCCCCCCC)CC2)CC1. The summed E-state index contributed by atoms with van der Waals surface area (Å²) < 4.78 is 39.3. The molecule has 0 saturated heterocycles. The highest BCUT2D eigenvalue weighted by atomic mass is 31.2. The lowest BCUT2D eigenvalue weighted by Gasteiger charge is -2.46. The largest absolute Gasteiger partial charge is 0.332 e. The first kappa shape index (κ1) is 67.7. The fraction of sp³-hybridized carbons (Fsp3) is 1.00. The van der Waals surface area contributed by atoms with Crippen LogP contribution in [0.5, 0.6) is 0 Å². The lowest BCUT2D eigenvalue weighted by molar-refractivity contribution is 0.00223. The monoisotopic (exact) mass is 1040 g/mol. The van der Waals surface area contributed by atoms with E-state index < -0.39 is 17.2 Å². The minimum Gasteiger partial charge on any atom is -0.312 e. The molecule has 0 aromatic rings. The molecule has 0 unspecified atom stereocenters. The van der Waals surface area contributed by atoms with E-state index in [2.05, 4.69) is 41.5 Å². The minimum atomic E-state index is -1.28. The summed E-state index contributed by atoms with van der Waals surface area (Å²) >= 11 is 0. The second kappa shape index (κ2) is 50.1. The summed E-state index contributed by atoms with van der Waals surface area (Å²) in [5.41, 5.74) is 0.321. The molecule has 8 heteroatoms. The maximum Gasteiger partial charge on any atom is 0.332 e. The van der Waals surface area contributed by atoms with Crippen molar-refractivity contribution in [3.8, 4) is 0 Å². The molecule has 2 fully saturated rings. The molecule has 0 atom stereocenters. The van der Waals surface area contributed by atoms with Crippen molar-refractivity contribution in [1.82, 2.24) is 0 Å². The lowest BCUT2D eigenvalue weighted by Crippen LogP contribution is -2.38. The van der Waals surface area contributed by atoms with Crippen molar-refractivity contribution >= 4 is 17.2 Å². The second-order valence-electron chi connectivity index (χ2n) is 23.5. The van der Waals surface area contributed by atoms with Crippen LogP contribution in [0.15, 0.2) is 0 Å². The Morgan fingerprint density at radius 1 is 0.268 bits per heavy atom. The Bertz CT molecular complexity index is 933. The van der Waals surface area contributed by atoms with Gasteiger partial charge in [0.15, 0.2) is 0 Å². The molecule has 0 aliphatic heterocycles. The Balaban J connectivity index is 1.78. The molecule has 424 valence electrons. The van der Waals surface area contributed by atoms with E-state index in [9.17, 15) is 0 Å². The highest BCUT2D eigenvalue weighted by molar-refractivity contribution is 7.42. The van der Waals surface area contributed by atoms with Gasteiger partial charge in [-0.3, -0.25) is 0 Å². The third kappa shape index (κ3) is 38.8. The van der Waals surface area contributed by atoms with Crippen molar-refractivity contribution in [2.24, 2.45) is 17.3 Å². The van der Waals surface area contributed by atoms with Crippen LogP contribution in [0.1, 0.15) is 350 Å². The van der Waals surface area contributed by atoms with Gasteiger partial charge in [-0.15, -0.1) is 0 Å². The molecular weight excluding hydrogens is 915 g/mol. The van der Waals surface area contributed by atoms with Gasteiger partial charge in [-0.2, -0.15) is 0 Å². The summed E-state index contributed by atoms with van der Waals surface area (Å²) in [4.78, 5) is 0. The van der Waals surface area contributed by atoms with Gasteiger partial charge in [0.2, 0.25) is 0 Å². The highest BCUT2D eigenvalue weighted by Gasteiger charge is 2.41. The molecule has 6 nitrogen and oxygen atoms in total. The zero-order chi connectivity index (χ0) is 51.0. The predicted molar refractivity (Wildman–Crippen MR) is 312 cm³/mol. The summed E-state index contributed by atoms with van der Waals surface area (Å²) in [6, 6.07) is 0. The van der Waals surface area contributed by atoms with E-state index in [-0.39, 0.29) is 12.2 Å². The van der Waals surface area contributed by atoms with Crippen LogP contribution in [0.25, 0.3) is 0 Å². The van der Waals surface area contributed by atoms with E-state index >= 15 is 0 Å². The van der Waals surface area contributed by atoms with Crippen molar-refractivity contribution in [3.63, 3.8) is 0 Å². The van der Waals surface area contributed by atoms with Gasteiger partial charge in [0.25, 0.3) is 0 Å². The molecule has 0 amide bonds. The third-order valence-electron chi connectivity index (χ3n) is 16.7. The molecule has 0 bridgehead atoms. The van der Waals surface area contributed by atoms with Gasteiger partial charge < -0.3 is 27.1 Å². The standard InChI is InChI=1S/C63H126O6P2/c1-7-11-15-19-23-27-31-35-39-43-55-64-70(65-56-44-40-36-32-28-24-20-16-12-8-2)68-61-51-47-59(48-52-61)63(5,6)60-49-53-62(54-50-60)69-71(66-57-45-41-37-33-29-25-21-17-13-9-3)67-58-46-42-38-34-30-26-22-18-14-10-4/h59-62H,7-58H2,1-6H3. The minimum absolute atomic E-state index is 0.262. The topological polar surface area (TPSA) is 55.4 Å². The molecule has 0 spiro atoms. The smallest absolute Gasteiger partial charge is 0.312 e. The van der Waals surface area contributed by atoms with Gasteiger partial charge in [-0.05, 0) is 94.3 Å². The number of rotatable bonds is 54. The average molecular weight is 1040 g/mol. The zero-order valence-electron chi connectivity index (χ0n) is 48.9. The van der Waals surface area contributed by atoms with Crippen molar-refractivity contribution in [2.75, 3.05) is 26.4 Å². The summed E-state index contributed by atoms with van der Waals surface area (Å²) in [7, 11) is -2.56. The Morgan fingerprint density at radius 3 is 0.648 bits per heavy atom. The summed E-state index contributed by atoms with van der Waals surface area (Å²) in [5, 5.41) is 0. The molecule has 2 aliphatic rings. The third-order valence-corrected chi connectivity index (χ3v) is 19.2. The van der Waals surface area contributed by atoms with Gasteiger partial charge >= 0.3 is 17.2 Å². The first-order valence-electron chi connectivity index (χ1n) is 32.4. The molecule has 2 rings (SSSR count). The Hall–Kier alpha value is 0.620. The number of hydrogen-bond acceptors (Lipinski definition) is 6. The Kier molecular flexibility index (Phi) is 47.8. The van der Waals surface area contributed by atoms with Crippen molar-refractivity contribution in [3.05, 3.63) is 0 Å². The van der Waals surface area contributed by atoms with E-state index in [1.807, 2.05) is 0 Å². The summed E-state index contributed by atoms with van der Waals surface area (Å²) in [6.07, 6.45) is 63.7. The first-order chi connectivity index (χ1) is 34.9. The van der Waals surface area contributed by atoms with E-state index in [0.29, 0.717) is 5.41 Å². The van der Waals surface area contributed by atoms with Gasteiger partial charge in [-0.1, -0.05) is 273 Å². The second-order valence-corrected chi connectivity index (χ2v) is 25.8. The fourth-order valence-corrected chi connectivity index (χ4v) is 13.9. The maximum atomic E-state index is 6.76. The van der Waals surface area contributed by atoms with Crippen molar-refractivity contribution in [1.29, 1.82) is 0 Å². The number of unbranched alkanes of at least 4 members (excludes halogenated alkanes) is 36. The van der Waals surface area contributed by atoms with Gasteiger partial charge in [0.05, 0.1) is 38.6 Å². The molecular formula is C63H126O6P2. The van der Waals surface area contributed by atoms with E-state index in [4.69, 9.17) is 27.1 Å². The zero-order valence-corrected chi connectivity index (χ0v) is 50.7. The molecule has 0 aromatic heterocycles. The molecule has 0 heterocycles. The summed E-state index contributed by atoms with van der Waals surface area (Å²) in [6.45, 7) is 17.5. The molecule has 71 heavy (non-hydrogen) atoms. The number of hydrogen-bond donors (Lipinski definition) is 0. The van der Waals surface area contributed by atoms with Crippen LogP contribution in [0, 0.1) is 17.3 Å². The van der Waals surface area contributed by atoms with Crippen LogP contribution in [0.2, 0.25) is 0 Å². The normalized spacial score (nSPS) is 18.9. The van der Waals surface area contributed by atoms with Gasteiger partial charge in [0.1, 0.15) is 0 Å². The fourth-order valence-electron chi connectivity index (χ4n) is 11.5. The van der Waals surface area contributed by atoms with Crippen molar-refractivity contribution < 1.29 is 27.1 Å².